The van der Waals surface area contributed by atoms with Gasteiger partial charge < -0.3 is 15.1 Å². The Morgan fingerprint density at radius 2 is 2.19 bits per heavy atom. The Labute approximate surface area is 95.8 Å². The Bertz CT molecular complexity index is 306. The van der Waals surface area contributed by atoms with Crippen LogP contribution >= 0.6 is 0 Å². The number of carbonyl (C=O) groups excluding carboxylic acids is 2. The summed E-state index contributed by atoms with van der Waals surface area (Å²) in [6, 6.07) is -0.0397. The lowest BCUT2D eigenvalue weighted by Gasteiger charge is -2.39. The molecule has 1 N–H and O–H groups in total. The zero-order valence-corrected chi connectivity index (χ0v) is 9.90. The van der Waals surface area contributed by atoms with Crippen LogP contribution in [-0.4, -0.2) is 60.4 Å². The Morgan fingerprint density at radius 3 is 2.75 bits per heavy atom. The third-order valence-corrected chi connectivity index (χ3v) is 3.41. The zero-order chi connectivity index (χ0) is 11.7. The third kappa shape index (κ3) is 2.19. The lowest BCUT2D eigenvalue weighted by Crippen LogP contribution is -2.56. The van der Waals surface area contributed by atoms with Gasteiger partial charge in [0.15, 0.2) is 0 Å². The maximum Gasteiger partial charge on any atom is 0.245 e. The van der Waals surface area contributed by atoms with Gasteiger partial charge >= 0.3 is 0 Å². The molecule has 2 saturated heterocycles. The summed E-state index contributed by atoms with van der Waals surface area (Å²) < 4.78 is 0. The van der Waals surface area contributed by atoms with E-state index >= 15 is 0 Å². The van der Waals surface area contributed by atoms with Crippen molar-refractivity contribution in [3.05, 3.63) is 0 Å². The van der Waals surface area contributed by atoms with Crippen LogP contribution in [0, 0.1) is 0 Å². The second-order valence-electron chi connectivity index (χ2n) is 4.80. The summed E-state index contributed by atoms with van der Waals surface area (Å²) in [5.41, 5.74) is 0. The SMILES string of the molecule is CC1CN(C)CCN1C(=O)C1CCC(=O)N1. The molecule has 2 heterocycles. The van der Waals surface area contributed by atoms with Crippen molar-refractivity contribution in [2.24, 2.45) is 0 Å². The van der Waals surface area contributed by atoms with Crippen molar-refractivity contribution in [3.63, 3.8) is 0 Å². The van der Waals surface area contributed by atoms with E-state index in [0.29, 0.717) is 12.8 Å². The average molecular weight is 225 g/mol. The van der Waals surface area contributed by atoms with Crippen molar-refractivity contribution in [1.29, 1.82) is 0 Å². The van der Waals surface area contributed by atoms with Crippen LogP contribution in [0.5, 0.6) is 0 Å². The van der Waals surface area contributed by atoms with Crippen LogP contribution in [0.2, 0.25) is 0 Å². The predicted octanol–water partition coefficient (Wildman–Crippen LogP) is -0.572. The molecule has 0 radical (unpaired) electrons. The highest BCUT2D eigenvalue weighted by Crippen LogP contribution is 2.14. The lowest BCUT2D eigenvalue weighted by molar-refractivity contribution is -0.138. The highest BCUT2D eigenvalue weighted by molar-refractivity contribution is 5.91. The number of hydrogen-bond acceptors (Lipinski definition) is 3. The first-order valence-corrected chi connectivity index (χ1v) is 5.86. The summed E-state index contributed by atoms with van der Waals surface area (Å²) in [6.45, 7) is 4.65. The molecular formula is C11H19N3O2. The first kappa shape index (κ1) is 11.4. The molecule has 0 aromatic carbocycles. The molecule has 0 bridgehead atoms. The molecule has 5 nitrogen and oxygen atoms in total. The van der Waals surface area contributed by atoms with E-state index < -0.39 is 0 Å². The molecule has 2 unspecified atom stereocenters. The van der Waals surface area contributed by atoms with Gasteiger partial charge in [-0.2, -0.15) is 0 Å². The molecule has 16 heavy (non-hydrogen) atoms. The first-order valence-electron chi connectivity index (χ1n) is 5.86. The minimum Gasteiger partial charge on any atom is -0.344 e. The molecule has 2 rings (SSSR count). The standard InChI is InChI=1S/C11H19N3O2/c1-8-7-13(2)5-6-14(8)11(16)9-3-4-10(15)12-9/h8-9H,3-7H2,1-2H3,(H,12,15). The van der Waals surface area contributed by atoms with Gasteiger partial charge in [0.2, 0.25) is 11.8 Å². The molecule has 0 aromatic heterocycles. The van der Waals surface area contributed by atoms with Gasteiger partial charge in [0.25, 0.3) is 0 Å². The molecule has 2 amide bonds. The molecule has 0 aromatic rings. The van der Waals surface area contributed by atoms with Crippen molar-refractivity contribution < 1.29 is 9.59 Å². The van der Waals surface area contributed by atoms with Gasteiger partial charge in [-0.05, 0) is 20.4 Å². The number of likely N-dealkylation sites (N-methyl/N-ethyl adjacent to an activating group) is 1. The lowest BCUT2D eigenvalue weighted by atomic mass is 10.1. The summed E-state index contributed by atoms with van der Waals surface area (Å²) in [5.74, 6) is 0.0894. The van der Waals surface area contributed by atoms with Gasteiger partial charge in [0.05, 0.1) is 0 Å². The molecule has 2 fully saturated rings. The fourth-order valence-electron chi connectivity index (χ4n) is 2.47. The predicted molar refractivity (Wildman–Crippen MR) is 59.8 cm³/mol. The van der Waals surface area contributed by atoms with E-state index in [1.54, 1.807) is 0 Å². The maximum absolute atomic E-state index is 12.2. The number of hydrogen-bond donors (Lipinski definition) is 1. The Morgan fingerprint density at radius 1 is 1.44 bits per heavy atom. The van der Waals surface area contributed by atoms with Gasteiger partial charge in [0, 0.05) is 32.1 Å². The van der Waals surface area contributed by atoms with Crippen LogP contribution < -0.4 is 5.32 Å². The monoisotopic (exact) mass is 225 g/mol. The number of nitrogens with one attached hydrogen (secondary N) is 1. The van der Waals surface area contributed by atoms with Crippen molar-refractivity contribution >= 4 is 11.8 Å². The normalized spacial score (nSPS) is 31.6. The van der Waals surface area contributed by atoms with E-state index in [1.165, 1.54) is 0 Å². The Hall–Kier alpha value is -1.10. The minimum absolute atomic E-state index is 0.000121. The number of carbonyl (C=O) groups is 2. The Kier molecular flexibility index (Phi) is 3.14. The molecule has 2 aliphatic heterocycles. The number of rotatable bonds is 1. The fraction of sp³-hybridized carbons (Fsp3) is 0.818. The third-order valence-electron chi connectivity index (χ3n) is 3.41. The second kappa shape index (κ2) is 4.41. The van der Waals surface area contributed by atoms with E-state index in [2.05, 4.69) is 24.2 Å². The molecule has 90 valence electrons. The average Bonchev–Trinajstić information content (AvgIpc) is 2.64. The summed E-state index contributed by atoms with van der Waals surface area (Å²) in [7, 11) is 2.07. The van der Waals surface area contributed by atoms with Gasteiger partial charge in [-0.1, -0.05) is 0 Å². The van der Waals surface area contributed by atoms with Crippen LogP contribution in [-0.2, 0) is 9.59 Å². The van der Waals surface area contributed by atoms with Crippen molar-refractivity contribution in [2.45, 2.75) is 31.8 Å². The van der Waals surface area contributed by atoms with E-state index in [4.69, 9.17) is 0 Å². The van der Waals surface area contributed by atoms with Crippen LogP contribution in [0.3, 0.4) is 0 Å². The van der Waals surface area contributed by atoms with Crippen molar-refractivity contribution in [2.75, 3.05) is 26.7 Å². The summed E-state index contributed by atoms with van der Waals surface area (Å²) in [6.07, 6.45) is 1.13. The van der Waals surface area contributed by atoms with Gasteiger partial charge in [-0.25, -0.2) is 0 Å². The van der Waals surface area contributed by atoms with Crippen LogP contribution in [0.25, 0.3) is 0 Å². The molecule has 0 aliphatic carbocycles. The highest BCUT2D eigenvalue weighted by atomic mass is 16.2. The molecule has 5 heteroatoms. The van der Waals surface area contributed by atoms with Gasteiger partial charge in [0.1, 0.15) is 6.04 Å². The topological polar surface area (TPSA) is 52.7 Å². The van der Waals surface area contributed by atoms with E-state index in [-0.39, 0.29) is 23.9 Å². The van der Waals surface area contributed by atoms with Crippen LogP contribution in [0.1, 0.15) is 19.8 Å². The van der Waals surface area contributed by atoms with Crippen molar-refractivity contribution in [3.8, 4) is 0 Å². The van der Waals surface area contributed by atoms with E-state index in [1.807, 2.05) is 4.90 Å². The van der Waals surface area contributed by atoms with Gasteiger partial charge in [-0.3, -0.25) is 9.59 Å². The Balaban J connectivity index is 1.96. The number of amides is 2. The highest BCUT2D eigenvalue weighted by Gasteiger charge is 2.34. The molecular weight excluding hydrogens is 206 g/mol. The fourth-order valence-corrected chi connectivity index (χ4v) is 2.47. The molecule has 2 atom stereocenters. The van der Waals surface area contributed by atoms with E-state index in [0.717, 1.165) is 19.6 Å². The minimum atomic E-state index is -0.279. The maximum atomic E-state index is 12.2. The summed E-state index contributed by atoms with van der Waals surface area (Å²) >= 11 is 0. The first-order chi connectivity index (χ1) is 7.58. The number of piperazine rings is 1. The smallest absolute Gasteiger partial charge is 0.245 e. The molecule has 0 saturated carbocycles. The summed E-state index contributed by atoms with van der Waals surface area (Å²) in [4.78, 5) is 27.4. The summed E-state index contributed by atoms with van der Waals surface area (Å²) in [5, 5.41) is 2.74. The van der Waals surface area contributed by atoms with E-state index in [9.17, 15) is 9.59 Å². The quantitative estimate of drug-likeness (QED) is 0.650. The molecule has 0 spiro atoms. The number of nitrogens with zero attached hydrogens (tertiary/aromatic N) is 2. The van der Waals surface area contributed by atoms with Crippen molar-refractivity contribution in [1.82, 2.24) is 15.1 Å². The largest absolute Gasteiger partial charge is 0.344 e. The van der Waals surface area contributed by atoms with Gasteiger partial charge in [-0.15, -0.1) is 0 Å². The zero-order valence-electron chi connectivity index (χ0n) is 9.90. The van der Waals surface area contributed by atoms with Crippen LogP contribution in [0.4, 0.5) is 0 Å². The second-order valence-corrected chi connectivity index (χ2v) is 4.80. The molecule has 2 aliphatic rings. The van der Waals surface area contributed by atoms with Crippen LogP contribution in [0.15, 0.2) is 0 Å².